The van der Waals surface area contributed by atoms with Gasteiger partial charge in [0.1, 0.15) is 0 Å². The van der Waals surface area contributed by atoms with Crippen LogP contribution in [0.25, 0.3) is 0 Å². The van der Waals surface area contributed by atoms with Crippen LogP contribution in [0.2, 0.25) is 0 Å². The van der Waals surface area contributed by atoms with Crippen molar-refractivity contribution in [1.29, 1.82) is 0 Å². The van der Waals surface area contributed by atoms with Crippen molar-refractivity contribution in [3.8, 4) is 0 Å². The Labute approximate surface area is 139 Å². The smallest absolute Gasteiger partial charge is 0.317 e. The fraction of sp³-hybridized carbons (Fsp3) is 0.611. The van der Waals surface area contributed by atoms with Gasteiger partial charge in [-0.1, -0.05) is 12.1 Å². The number of likely N-dealkylation sites (tertiary alicyclic amines) is 1. The molecule has 2 aliphatic heterocycles. The number of amides is 2. The summed E-state index contributed by atoms with van der Waals surface area (Å²) in [5.41, 5.74) is 2.55. The zero-order valence-corrected chi connectivity index (χ0v) is 14.3. The number of hydrogen-bond donors (Lipinski definition) is 1. The first kappa shape index (κ1) is 16.1. The van der Waals surface area contributed by atoms with Crippen molar-refractivity contribution >= 4 is 11.7 Å². The molecule has 2 heterocycles. The fourth-order valence-electron chi connectivity index (χ4n) is 3.41. The Hall–Kier alpha value is -1.75. The van der Waals surface area contributed by atoms with Gasteiger partial charge in [0.2, 0.25) is 0 Å². The Morgan fingerprint density at radius 1 is 1.09 bits per heavy atom. The first-order valence-electron chi connectivity index (χ1n) is 8.67. The minimum absolute atomic E-state index is 0.114. The molecule has 2 fully saturated rings. The highest BCUT2D eigenvalue weighted by Crippen LogP contribution is 2.18. The van der Waals surface area contributed by atoms with Gasteiger partial charge in [-0.3, -0.25) is 0 Å². The summed E-state index contributed by atoms with van der Waals surface area (Å²) in [6, 6.07) is 9.05. The van der Waals surface area contributed by atoms with Gasteiger partial charge in [-0.05, 0) is 57.6 Å². The second-order valence-electron chi connectivity index (χ2n) is 6.84. The largest absolute Gasteiger partial charge is 0.368 e. The van der Waals surface area contributed by atoms with Crippen LogP contribution in [-0.2, 0) is 0 Å². The average molecular weight is 316 g/mol. The number of piperidine rings is 1. The van der Waals surface area contributed by atoms with Crippen LogP contribution >= 0.6 is 0 Å². The molecule has 0 unspecified atom stereocenters. The summed E-state index contributed by atoms with van der Waals surface area (Å²) in [5.74, 6) is 0. The summed E-state index contributed by atoms with van der Waals surface area (Å²) in [6.07, 6.45) is 2.12. The van der Waals surface area contributed by atoms with E-state index in [9.17, 15) is 4.79 Å². The highest BCUT2D eigenvalue weighted by molar-refractivity contribution is 5.75. The number of rotatable bonds is 2. The fourth-order valence-corrected chi connectivity index (χ4v) is 3.41. The molecule has 5 heteroatoms. The molecule has 0 radical (unpaired) electrons. The third-order valence-corrected chi connectivity index (χ3v) is 4.98. The van der Waals surface area contributed by atoms with Crippen LogP contribution in [0.5, 0.6) is 0 Å². The van der Waals surface area contributed by atoms with E-state index in [1.807, 2.05) is 4.90 Å². The molecule has 2 saturated heterocycles. The number of benzene rings is 1. The molecule has 2 amide bonds. The monoisotopic (exact) mass is 316 g/mol. The molecule has 23 heavy (non-hydrogen) atoms. The normalized spacial score (nSPS) is 20.6. The molecule has 0 saturated carbocycles. The average Bonchev–Trinajstić information content (AvgIpc) is 2.57. The number of nitrogens with zero attached hydrogens (tertiary/aromatic N) is 3. The molecule has 126 valence electrons. The van der Waals surface area contributed by atoms with Gasteiger partial charge in [0.05, 0.1) is 0 Å². The highest BCUT2D eigenvalue weighted by atomic mass is 16.2. The number of carbonyl (C=O) groups excluding carboxylic acids is 1. The zero-order chi connectivity index (χ0) is 16.2. The topological polar surface area (TPSA) is 38.8 Å². The summed E-state index contributed by atoms with van der Waals surface area (Å²) in [5, 5.41) is 3.21. The maximum absolute atomic E-state index is 12.4. The molecule has 1 aromatic carbocycles. The third-order valence-electron chi connectivity index (χ3n) is 4.98. The lowest BCUT2D eigenvalue weighted by Gasteiger charge is -2.37. The Balaban J connectivity index is 1.47. The molecule has 1 N–H and O–H groups in total. The number of piperazine rings is 1. The van der Waals surface area contributed by atoms with Crippen LogP contribution in [0, 0.1) is 6.92 Å². The maximum Gasteiger partial charge on any atom is 0.317 e. The first-order valence-corrected chi connectivity index (χ1v) is 8.67. The molecule has 0 atom stereocenters. The lowest BCUT2D eigenvalue weighted by Crippen LogP contribution is -2.54. The van der Waals surface area contributed by atoms with E-state index in [0.717, 1.165) is 52.1 Å². The summed E-state index contributed by atoms with van der Waals surface area (Å²) in [7, 11) is 2.14. The Kier molecular flexibility index (Phi) is 5.06. The number of carbonyl (C=O) groups is 1. The quantitative estimate of drug-likeness (QED) is 0.906. The predicted octanol–water partition coefficient (Wildman–Crippen LogP) is 1.92. The molecule has 0 aliphatic carbocycles. The number of hydrogen-bond acceptors (Lipinski definition) is 3. The van der Waals surface area contributed by atoms with Crippen molar-refractivity contribution in [3.63, 3.8) is 0 Å². The standard InChI is InChI=1S/C18H28N4O/c1-15-4-3-5-17(14-15)21-10-12-22(13-11-21)18(23)19-16-6-8-20(2)9-7-16/h3-5,14,16H,6-13H2,1-2H3,(H,19,23). The summed E-state index contributed by atoms with van der Waals surface area (Å²) < 4.78 is 0. The van der Waals surface area contributed by atoms with Gasteiger partial charge in [0, 0.05) is 37.9 Å². The third kappa shape index (κ3) is 4.16. The molecule has 3 rings (SSSR count). The Morgan fingerprint density at radius 2 is 1.78 bits per heavy atom. The Morgan fingerprint density at radius 3 is 2.43 bits per heavy atom. The van der Waals surface area contributed by atoms with Gasteiger partial charge in [-0.2, -0.15) is 0 Å². The van der Waals surface area contributed by atoms with E-state index in [1.165, 1.54) is 11.3 Å². The molecule has 0 spiro atoms. The van der Waals surface area contributed by atoms with Crippen molar-refractivity contribution in [2.75, 3.05) is 51.2 Å². The van der Waals surface area contributed by atoms with Crippen molar-refractivity contribution in [1.82, 2.24) is 15.1 Å². The van der Waals surface area contributed by atoms with Crippen LogP contribution in [-0.4, -0.2) is 68.2 Å². The molecule has 0 aromatic heterocycles. The lowest BCUT2D eigenvalue weighted by atomic mass is 10.1. The second kappa shape index (κ2) is 7.21. The van der Waals surface area contributed by atoms with Gasteiger partial charge in [-0.15, -0.1) is 0 Å². The van der Waals surface area contributed by atoms with Crippen LogP contribution < -0.4 is 10.2 Å². The minimum atomic E-state index is 0.114. The minimum Gasteiger partial charge on any atom is -0.368 e. The first-order chi connectivity index (χ1) is 11.1. The van der Waals surface area contributed by atoms with E-state index < -0.39 is 0 Å². The van der Waals surface area contributed by atoms with E-state index in [2.05, 4.69) is 53.4 Å². The molecular weight excluding hydrogens is 288 g/mol. The summed E-state index contributed by atoms with van der Waals surface area (Å²) in [6.45, 7) is 7.68. The van der Waals surface area contributed by atoms with Gasteiger partial charge < -0.3 is 20.0 Å². The Bertz CT molecular complexity index is 532. The maximum atomic E-state index is 12.4. The zero-order valence-electron chi connectivity index (χ0n) is 14.3. The van der Waals surface area contributed by atoms with Crippen LogP contribution in [0.15, 0.2) is 24.3 Å². The van der Waals surface area contributed by atoms with Crippen LogP contribution in [0.1, 0.15) is 18.4 Å². The van der Waals surface area contributed by atoms with E-state index in [1.54, 1.807) is 0 Å². The van der Waals surface area contributed by atoms with E-state index in [0.29, 0.717) is 6.04 Å². The van der Waals surface area contributed by atoms with Gasteiger partial charge in [0.25, 0.3) is 0 Å². The molecule has 5 nitrogen and oxygen atoms in total. The lowest BCUT2D eigenvalue weighted by molar-refractivity contribution is 0.178. The molecular formula is C18H28N4O. The van der Waals surface area contributed by atoms with Gasteiger partial charge in [0.15, 0.2) is 0 Å². The van der Waals surface area contributed by atoms with Crippen molar-refractivity contribution in [3.05, 3.63) is 29.8 Å². The van der Waals surface area contributed by atoms with E-state index in [-0.39, 0.29) is 6.03 Å². The summed E-state index contributed by atoms with van der Waals surface area (Å²) >= 11 is 0. The predicted molar refractivity (Wildman–Crippen MR) is 94.0 cm³/mol. The number of nitrogens with one attached hydrogen (secondary N) is 1. The highest BCUT2D eigenvalue weighted by Gasteiger charge is 2.24. The SMILES string of the molecule is Cc1cccc(N2CCN(C(=O)NC3CCN(C)CC3)CC2)c1. The van der Waals surface area contributed by atoms with Crippen molar-refractivity contribution in [2.24, 2.45) is 0 Å². The molecule has 1 aromatic rings. The van der Waals surface area contributed by atoms with Gasteiger partial charge in [-0.25, -0.2) is 4.79 Å². The number of anilines is 1. The van der Waals surface area contributed by atoms with E-state index >= 15 is 0 Å². The van der Waals surface area contributed by atoms with Crippen LogP contribution in [0.3, 0.4) is 0 Å². The number of aryl methyl sites for hydroxylation is 1. The van der Waals surface area contributed by atoms with Crippen molar-refractivity contribution < 1.29 is 4.79 Å². The second-order valence-corrected chi connectivity index (χ2v) is 6.84. The molecule has 0 bridgehead atoms. The van der Waals surface area contributed by atoms with Crippen molar-refractivity contribution in [2.45, 2.75) is 25.8 Å². The summed E-state index contributed by atoms with van der Waals surface area (Å²) in [4.78, 5) is 19.1. The molecule has 2 aliphatic rings. The van der Waals surface area contributed by atoms with Crippen LogP contribution in [0.4, 0.5) is 10.5 Å². The van der Waals surface area contributed by atoms with Gasteiger partial charge >= 0.3 is 6.03 Å². The van der Waals surface area contributed by atoms with E-state index in [4.69, 9.17) is 0 Å². The number of urea groups is 1.